The van der Waals surface area contributed by atoms with Crippen molar-refractivity contribution >= 4 is 39.2 Å². The topological polar surface area (TPSA) is 58.6 Å². The lowest BCUT2D eigenvalue weighted by molar-refractivity contribution is 0.0601. The fraction of sp³-hybridized carbons (Fsp3) is 0.364. The maximum atomic E-state index is 11.3. The highest BCUT2D eigenvalue weighted by Crippen LogP contribution is 2.24. The number of carbonyl (C=O) groups excluding carboxylic acids is 1. The molecule has 4 nitrogen and oxygen atoms in total. The zero-order valence-corrected chi connectivity index (χ0v) is 11.6. The normalized spacial score (nSPS) is 12.0. The molecule has 0 saturated heterocycles. The molecule has 0 aliphatic carbocycles. The molecule has 0 spiro atoms. The van der Waals surface area contributed by atoms with Gasteiger partial charge in [0.1, 0.15) is 0 Å². The first-order chi connectivity index (χ1) is 8.08. The van der Waals surface area contributed by atoms with Crippen LogP contribution in [-0.2, 0) is 4.74 Å². The molecule has 0 heterocycles. The molecule has 0 bridgehead atoms. The SMILES string of the molecule is COC(=O)c1ccc(Br)c(NCC(O)CCl)c1. The summed E-state index contributed by atoms with van der Waals surface area (Å²) in [6.07, 6.45) is -0.634. The molecule has 2 N–H and O–H groups in total. The summed E-state index contributed by atoms with van der Waals surface area (Å²) in [4.78, 5) is 11.3. The van der Waals surface area contributed by atoms with Gasteiger partial charge in [0.2, 0.25) is 0 Å². The van der Waals surface area contributed by atoms with Gasteiger partial charge in [0, 0.05) is 16.7 Å². The first-order valence-electron chi connectivity index (χ1n) is 4.94. The number of esters is 1. The summed E-state index contributed by atoms with van der Waals surface area (Å²) >= 11 is 8.83. The van der Waals surface area contributed by atoms with Gasteiger partial charge >= 0.3 is 5.97 Å². The lowest BCUT2D eigenvalue weighted by atomic mass is 10.2. The number of rotatable bonds is 5. The quantitative estimate of drug-likeness (QED) is 0.645. The molecule has 17 heavy (non-hydrogen) atoms. The molecule has 1 unspecified atom stereocenters. The zero-order valence-electron chi connectivity index (χ0n) is 9.24. The highest BCUT2D eigenvalue weighted by molar-refractivity contribution is 9.10. The number of aliphatic hydroxyl groups is 1. The first-order valence-corrected chi connectivity index (χ1v) is 6.27. The number of nitrogens with one attached hydrogen (secondary N) is 1. The molecule has 6 heteroatoms. The maximum absolute atomic E-state index is 11.3. The van der Waals surface area contributed by atoms with E-state index in [4.69, 9.17) is 11.6 Å². The van der Waals surface area contributed by atoms with Crippen LogP contribution in [0.2, 0.25) is 0 Å². The second-order valence-corrected chi connectivity index (χ2v) is 4.54. The Morgan fingerprint density at radius 1 is 1.65 bits per heavy atom. The third kappa shape index (κ3) is 4.18. The van der Waals surface area contributed by atoms with Crippen molar-refractivity contribution < 1.29 is 14.6 Å². The minimum absolute atomic E-state index is 0.154. The Morgan fingerprint density at radius 3 is 2.94 bits per heavy atom. The van der Waals surface area contributed by atoms with E-state index < -0.39 is 12.1 Å². The Labute approximate surface area is 113 Å². The second kappa shape index (κ2) is 6.83. The number of ether oxygens (including phenoxy) is 1. The van der Waals surface area contributed by atoms with Gasteiger partial charge in [0.05, 0.1) is 24.7 Å². The van der Waals surface area contributed by atoms with Gasteiger partial charge in [-0.3, -0.25) is 0 Å². The summed E-state index contributed by atoms with van der Waals surface area (Å²) in [5.41, 5.74) is 1.15. The van der Waals surface area contributed by atoms with Crippen LogP contribution in [-0.4, -0.2) is 36.7 Å². The largest absolute Gasteiger partial charge is 0.465 e. The lowest BCUT2D eigenvalue weighted by Crippen LogP contribution is -2.21. The van der Waals surface area contributed by atoms with Gasteiger partial charge in [-0.05, 0) is 34.1 Å². The molecule has 0 radical (unpaired) electrons. The molecule has 1 aromatic carbocycles. The van der Waals surface area contributed by atoms with Crippen LogP contribution in [0, 0.1) is 0 Å². The number of anilines is 1. The maximum Gasteiger partial charge on any atom is 0.337 e. The van der Waals surface area contributed by atoms with E-state index in [0.717, 1.165) is 4.47 Å². The number of benzene rings is 1. The van der Waals surface area contributed by atoms with Crippen molar-refractivity contribution in [2.45, 2.75) is 6.10 Å². The van der Waals surface area contributed by atoms with E-state index in [-0.39, 0.29) is 5.88 Å². The number of methoxy groups -OCH3 is 1. The van der Waals surface area contributed by atoms with E-state index in [9.17, 15) is 9.90 Å². The van der Waals surface area contributed by atoms with Crippen molar-refractivity contribution in [2.24, 2.45) is 0 Å². The van der Waals surface area contributed by atoms with E-state index in [1.165, 1.54) is 7.11 Å². The molecular formula is C11H13BrClNO3. The molecule has 0 aromatic heterocycles. The van der Waals surface area contributed by atoms with E-state index >= 15 is 0 Å². The molecule has 0 fully saturated rings. The monoisotopic (exact) mass is 321 g/mol. The standard InChI is InChI=1S/C11H13BrClNO3/c1-17-11(16)7-2-3-9(12)10(4-7)14-6-8(15)5-13/h2-4,8,14-15H,5-6H2,1H3. The van der Waals surface area contributed by atoms with Gasteiger partial charge in [-0.15, -0.1) is 11.6 Å². The Balaban J connectivity index is 2.80. The third-order valence-corrected chi connectivity index (χ3v) is 3.14. The third-order valence-electron chi connectivity index (χ3n) is 2.09. The number of hydrogen-bond donors (Lipinski definition) is 2. The van der Waals surface area contributed by atoms with Gasteiger partial charge in [0.25, 0.3) is 0 Å². The van der Waals surface area contributed by atoms with Crippen LogP contribution in [0.5, 0.6) is 0 Å². The average Bonchev–Trinajstić information content (AvgIpc) is 2.36. The molecule has 1 rings (SSSR count). The lowest BCUT2D eigenvalue weighted by Gasteiger charge is -2.12. The van der Waals surface area contributed by atoms with Crippen molar-refractivity contribution in [1.82, 2.24) is 0 Å². The second-order valence-electron chi connectivity index (χ2n) is 3.38. The smallest absolute Gasteiger partial charge is 0.337 e. The van der Waals surface area contributed by atoms with Crippen molar-refractivity contribution in [3.05, 3.63) is 28.2 Å². The molecule has 0 saturated carbocycles. The van der Waals surface area contributed by atoms with Gasteiger partial charge in [-0.2, -0.15) is 0 Å². The van der Waals surface area contributed by atoms with Gasteiger partial charge < -0.3 is 15.2 Å². The fourth-order valence-electron chi connectivity index (χ4n) is 1.19. The average molecular weight is 323 g/mol. The van der Waals surface area contributed by atoms with Crippen LogP contribution in [0.25, 0.3) is 0 Å². The minimum atomic E-state index is -0.634. The van der Waals surface area contributed by atoms with Crippen LogP contribution in [0.3, 0.4) is 0 Å². The van der Waals surface area contributed by atoms with Crippen molar-refractivity contribution in [1.29, 1.82) is 0 Å². The Bertz CT molecular complexity index is 400. The summed E-state index contributed by atoms with van der Waals surface area (Å²) in [5.74, 6) is -0.250. The summed E-state index contributed by atoms with van der Waals surface area (Å²) < 4.78 is 5.42. The fourth-order valence-corrected chi connectivity index (χ4v) is 1.68. The van der Waals surface area contributed by atoms with E-state index in [2.05, 4.69) is 26.0 Å². The van der Waals surface area contributed by atoms with Gasteiger partial charge in [-0.25, -0.2) is 4.79 Å². The number of alkyl halides is 1. The molecule has 1 aromatic rings. The Morgan fingerprint density at radius 2 is 2.35 bits per heavy atom. The number of halogens is 2. The van der Waals surface area contributed by atoms with Crippen LogP contribution in [0.4, 0.5) is 5.69 Å². The number of hydrogen-bond acceptors (Lipinski definition) is 4. The predicted octanol–water partition coefficient (Wildman–Crippen LogP) is 2.25. The molecule has 94 valence electrons. The van der Waals surface area contributed by atoms with Crippen LogP contribution in [0.1, 0.15) is 10.4 Å². The molecular weight excluding hydrogens is 309 g/mol. The predicted molar refractivity (Wildman–Crippen MR) is 70.7 cm³/mol. The van der Waals surface area contributed by atoms with Crippen LogP contribution < -0.4 is 5.32 Å². The van der Waals surface area contributed by atoms with Crippen LogP contribution >= 0.6 is 27.5 Å². The highest BCUT2D eigenvalue weighted by Gasteiger charge is 2.09. The van der Waals surface area contributed by atoms with Crippen molar-refractivity contribution in [3.8, 4) is 0 Å². The number of carbonyl (C=O) groups is 1. The summed E-state index contributed by atoms with van der Waals surface area (Å²) in [5, 5.41) is 12.3. The molecule has 1 atom stereocenters. The number of aliphatic hydroxyl groups excluding tert-OH is 1. The minimum Gasteiger partial charge on any atom is -0.465 e. The Hall–Kier alpha value is -0.780. The van der Waals surface area contributed by atoms with Crippen LogP contribution in [0.15, 0.2) is 22.7 Å². The molecule has 0 amide bonds. The Kier molecular flexibility index (Phi) is 5.74. The van der Waals surface area contributed by atoms with Crippen molar-refractivity contribution in [3.63, 3.8) is 0 Å². The van der Waals surface area contributed by atoms with E-state index in [0.29, 0.717) is 17.8 Å². The van der Waals surface area contributed by atoms with Gasteiger partial charge in [0.15, 0.2) is 0 Å². The van der Waals surface area contributed by atoms with Crippen molar-refractivity contribution in [2.75, 3.05) is 24.9 Å². The van der Waals surface area contributed by atoms with E-state index in [1.807, 2.05) is 0 Å². The molecule has 0 aliphatic rings. The zero-order chi connectivity index (χ0) is 12.8. The first kappa shape index (κ1) is 14.3. The molecule has 0 aliphatic heterocycles. The van der Waals surface area contributed by atoms with E-state index in [1.54, 1.807) is 18.2 Å². The highest BCUT2D eigenvalue weighted by atomic mass is 79.9. The summed E-state index contributed by atoms with van der Waals surface area (Å²) in [6.45, 7) is 0.312. The van der Waals surface area contributed by atoms with Gasteiger partial charge in [-0.1, -0.05) is 0 Å². The summed E-state index contributed by atoms with van der Waals surface area (Å²) in [7, 11) is 1.33. The summed E-state index contributed by atoms with van der Waals surface area (Å²) in [6, 6.07) is 5.04.